The van der Waals surface area contributed by atoms with E-state index < -0.39 is 12.8 Å². The molecule has 1 saturated heterocycles. The molecule has 1 N–H and O–H groups in total. The van der Waals surface area contributed by atoms with Crippen molar-refractivity contribution in [2.75, 3.05) is 19.7 Å². The van der Waals surface area contributed by atoms with Gasteiger partial charge in [0.1, 0.15) is 11.4 Å². The number of aromatic nitrogens is 1. The van der Waals surface area contributed by atoms with Gasteiger partial charge < -0.3 is 15.0 Å². The average Bonchev–Trinajstić information content (AvgIpc) is 3.43. The topological polar surface area (TPSA) is 71.5 Å². The number of carbonyl (C=O) groups is 2. The van der Waals surface area contributed by atoms with Gasteiger partial charge in [-0.3, -0.25) is 9.59 Å². The summed E-state index contributed by atoms with van der Waals surface area (Å²) < 4.78 is 41.0. The SMILES string of the molecule is O=C(NC1CC1)C1CCCN(C(=O)c2ccc(OCC(F)(F)F)cn2)C1. The van der Waals surface area contributed by atoms with Gasteiger partial charge in [-0.05, 0) is 37.8 Å². The van der Waals surface area contributed by atoms with E-state index in [1.165, 1.54) is 12.1 Å². The Hall–Kier alpha value is -2.32. The van der Waals surface area contributed by atoms with E-state index in [0.29, 0.717) is 13.1 Å². The van der Waals surface area contributed by atoms with Crippen molar-refractivity contribution in [3.05, 3.63) is 24.0 Å². The van der Waals surface area contributed by atoms with E-state index in [1.807, 2.05) is 0 Å². The number of pyridine rings is 1. The molecule has 1 aromatic heterocycles. The fraction of sp³-hybridized carbons (Fsp3) is 0.588. The number of nitrogens with one attached hydrogen (secondary N) is 1. The highest BCUT2D eigenvalue weighted by atomic mass is 19.4. The van der Waals surface area contributed by atoms with Crippen molar-refractivity contribution in [2.24, 2.45) is 5.92 Å². The van der Waals surface area contributed by atoms with Crippen molar-refractivity contribution in [3.8, 4) is 5.75 Å². The Morgan fingerprint density at radius 1 is 1.27 bits per heavy atom. The summed E-state index contributed by atoms with van der Waals surface area (Å²) in [6, 6.07) is 2.90. The van der Waals surface area contributed by atoms with Gasteiger partial charge in [0.2, 0.25) is 5.91 Å². The summed E-state index contributed by atoms with van der Waals surface area (Å²) in [5.41, 5.74) is 0.118. The zero-order chi connectivity index (χ0) is 18.7. The van der Waals surface area contributed by atoms with Gasteiger partial charge in [0.15, 0.2) is 6.61 Å². The highest BCUT2D eigenvalue weighted by molar-refractivity contribution is 5.93. The molecule has 6 nitrogen and oxygen atoms in total. The number of rotatable bonds is 5. The molecule has 1 unspecified atom stereocenters. The normalized spacial score (nSPS) is 20.6. The Kier molecular flexibility index (Phi) is 5.33. The Morgan fingerprint density at radius 2 is 2.04 bits per heavy atom. The van der Waals surface area contributed by atoms with Crippen LogP contribution in [0.15, 0.2) is 18.3 Å². The third-order valence-electron chi connectivity index (χ3n) is 4.36. The molecular weight excluding hydrogens is 351 g/mol. The number of likely N-dealkylation sites (tertiary alicyclic amines) is 1. The van der Waals surface area contributed by atoms with Gasteiger partial charge in [-0.15, -0.1) is 0 Å². The van der Waals surface area contributed by atoms with Gasteiger partial charge in [0.05, 0.1) is 12.1 Å². The number of piperidine rings is 1. The highest BCUT2D eigenvalue weighted by Crippen LogP contribution is 2.23. The number of amides is 2. The lowest BCUT2D eigenvalue weighted by molar-refractivity contribution is -0.153. The van der Waals surface area contributed by atoms with Crippen molar-refractivity contribution in [2.45, 2.75) is 37.9 Å². The zero-order valence-electron chi connectivity index (χ0n) is 14.1. The molecule has 1 aliphatic carbocycles. The maximum absolute atomic E-state index is 12.5. The minimum Gasteiger partial charge on any atom is -0.483 e. The van der Waals surface area contributed by atoms with Gasteiger partial charge >= 0.3 is 6.18 Å². The number of halogens is 3. The summed E-state index contributed by atoms with van der Waals surface area (Å²) in [6.07, 6.45) is 0.140. The van der Waals surface area contributed by atoms with E-state index in [9.17, 15) is 22.8 Å². The van der Waals surface area contributed by atoms with Crippen LogP contribution in [0.5, 0.6) is 5.75 Å². The van der Waals surface area contributed by atoms with E-state index in [4.69, 9.17) is 0 Å². The molecular formula is C17H20F3N3O3. The molecule has 0 bridgehead atoms. The maximum Gasteiger partial charge on any atom is 0.422 e. The third-order valence-corrected chi connectivity index (χ3v) is 4.36. The second kappa shape index (κ2) is 7.51. The van der Waals surface area contributed by atoms with Crippen LogP contribution in [0, 0.1) is 5.92 Å². The molecule has 142 valence electrons. The monoisotopic (exact) mass is 371 g/mol. The summed E-state index contributed by atoms with van der Waals surface area (Å²) in [5, 5.41) is 2.96. The van der Waals surface area contributed by atoms with Crippen molar-refractivity contribution >= 4 is 11.8 Å². The average molecular weight is 371 g/mol. The van der Waals surface area contributed by atoms with Gasteiger partial charge in [-0.1, -0.05) is 0 Å². The van der Waals surface area contributed by atoms with Crippen LogP contribution in [0.4, 0.5) is 13.2 Å². The highest BCUT2D eigenvalue weighted by Gasteiger charge is 2.32. The van der Waals surface area contributed by atoms with Crippen LogP contribution in [-0.4, -0.2) is 53.6 Å². The fourth-order valence-electron chi connectivity index (χ4n) is 2.84. The van der Waals surface area contributed by atoms with Crippen LogP contribution >= 0.6 is 0 Å². The smallest absolute Gasteiger partial charge is 0.422 e. The lowest BCUT2D eigenvalue weighted by atomic mass is 9.96. The summed E-state index contributed by atoms with van der Waals surface area (Å²) in [5.74, 6) is -0.646. The molecule has 3 rings (SSSR count). The first-order chi connectivity index (χ1) is 12.3. The molecule has 1 atom stereocenters. The maximum atomic E-state index is 12.5. The molecule has 2 heterocycles. The summed E-state index contributed by atoms with van der Waals surface area (Å²) in [6.45, 7) is -0.558. The predicted molar refractivity (Wildman–Crippen MR) is 85.6 cm³/mol. The molecule has 1 aliphatic heterocycles. The number of nitrogens with zero attached hydrogens (tertiary/aromatic N) is 2. The van der Waals surface area contributed by atoms with Crippen molar-refractivity contribution in [1.82, 2.24) is 15.2 Å². The van der Waals surface area contributed by atoms with E-state index in [2.05, 4.69) is 15.0 Å². The van der Waals surface area contributed by atoms with Gasteiger partial charge in [-0.2, -0.15) is 13.2 Å². The Bertz CT molecular complexity index is 659. The van der Waals surface area contributed by atoms with Crippen molar-refractivity contribution in [3.63, 3.8) is 0 Å². The molecule has 26 heavy (non-hydrogen) atoms. The summed E-state index contributed by atoms with van der Waals surface area (Å²) >= 11 is 0. The van der Waals surface area contributed by atoms with E-state index in [-0.39, 0.29) is 35.2 Å². The van der Waals surface area contributed by atoms with E-state index in [0.717, 1.165) is 31.9 Å². The molecule has 0 aromatic carbocycles. The first kappa shape index (κ1) is 18.5. The van der Waals surface area contributed by atoms with Crippen LogP contribution < -0.4 is 10.1 Å². The van der Waals surface area contributed by atoms with Crippen molar-refractivity contribution in [1.29, 1.82) is 0 Å². The number of carbonyl (C=O) groups excluding carboxylic acids is 2. The van der Waals surface area contributed by atoms with Crippen LogP contribution in [0.3, 0.4) is 0 Å². The quantitative estimate of drug-likeness (QED) is 0.861. The first-order valence-electron chi connectivity index (χ1n) is 8.57. The Morgan fingerprint density at radius 3 is 2.65 bits per heavy atom. The lowest BCUT2D eigenvalue weighted by Crippen LogP contribution is -2.46. The van der Waals surface area contributed by atoms with E-state index in [1.54, 1.807) is 4.90 Å². The zero-order valence-corrected chi connectivity index (χ0v) is 14.1. The largest absolute Gasteiger partial charge is 0.483 e. The predicted octanol–water partition coefficient (Wildman–Crippen LogP) is 2.15. The molecule has 2 aliphatic rings. The van der Waals surface area contributed by atoms with Crippen LogP contribution in [0.2, 0.25) is 0 Å². The number of hydrogen-bond acceptors (Lipinski definition) is 4. The third kappa shape index (κ3) is 5.09. The second-order valence-corrected chi connectivity index (χ2v) is 6.66. The second-order valence-electron chi connectivity index (χ2n) is 6.66. The van der Waals surface area contributed by atoms with E-state index >= 15 is 0 Å². The fourth-order valence-corrected chi connectivity index (χ4v) is 2.84. The summed E-state index contributed by atoms with van der Waals surface area (Å²) in [4.78, 5) is 30.2. The molecule has 1 aromatic rings. The Labute approximate surface area is 148 Å². The molecule has 2 fully saturated rings. The number of alkyl halides is 3. The minimum atomic E-state index is -4.43. The van der Waals surface area contributed by atoms with Crippen LogP contribution in [0.25, 0.3) is 0 Å². The van der Waals surface area contributed by atoms with Crippen LogP contribution in [-0.2, 0) is 4.79 Å². The number of ether oxygens (including phenoxy) is 1. The first-order valence-corrected chi connectivity index (χ1v) is 8.57. The molecule has 9 heteroatoms. The lowest BCUT2D eigenvalue weighted by Gasteiger charge is -2.31. The Balaban J connectivity index is 1.56. The number of hydrogen-bond donors (Lipinski definition) is 1. The molecule has 1 saturated carbocycles. The van der Waals surface area contributed by atoms with Gasteiger partial charge in [0, 0.05) is 19.1 Å². The summed E-state index contributed by atoms with van der Waals surface area (Å²) in [7, 11) is 0. The van der Waals surface area contributed by atoms with Gasteiger partial charge in [-0.25, -0.2) is 4.98 Å². The van der Waals surface area contributed by atoms with Crippen molar-refractivity contribution < 1.29 is 27.5 Å². The molecule has 0 spiro atoms. The van der Waals surface area contributed by atoms with Crippen LogP contribution in [0.1, 0.15) is 36.2 Å². The molecule has 0 radical (unpaired) electrons. The standard InChI is InChI=1S/C17H20F3N3O3/c18-17(19,20)10-26-13-5-6-14(21-8-13)16(25)23-7-1-2-11(9-23)15(24)22-12-3-4-12/h5-6,8,11-12H,1-4,7,9-10H2,(H,22,24). The minimum absolute atomic E-state index is 0.0196. The van der Waals surface area contributed by atoms with Gasteiger partial charge in [0.25, 0.3) is 5.91 Å². The molecule has 2 amide bonds.